The Hall–Kier alpha value is -4.50. The average Bonchev–Trinajstić information content (AvgIpc) is 3.70. The van der Waals surface area contributed by atoms with Gasteiger partial charge in [0.25, 0.3) is 0 Å². The topological polar surface area (TPSA) is 148 Å². The average molecular weight is 572 g/mol. The maximum Gasteiger partial charge on any atom is 0.243 e. The molecule has 40 heavy (non-hydrogen) atoms. The molecule has 0 aliphatic carbocycles. The number of methoxy groups -OCH3 is 3. The molecular weight excluding hydrogens is 545 g/mol. The molecule has 0 bridgehead atoms. The van der Waals surface area contributed by atoms with Crippen LogP contribution in [0.15, 0.2) is 53.5 Å². The number of aromatic nitrogens is 6. The van der Waals surface area contributed by atoms with Gasteiger partial charge >= 0.3 is 0 Å². The predicted molar refractivity (Wildman–Crippen MR) is 142 cm³/mol. The molecule has 0 radical (unpaired) electrons. The van der Waals surface area contributed by atoms with Crippen LogP contribution in [-0.2, 0) is 27.9 Å². The van der Waals surface area contributed by atoms with Gasteiger partial charge in [-0.2, -0.15) is 0 Å². The van der Waals surface area contributed by atoms with E-state index in [4.69, 9.17) is 18.6 Å². The second kappa shape index (κ2) is 10.9. The lowest BCUT2D eigenvalue weighted by molar-refractivity contribution is 0.134. The Labute approximate surface area is 228 Å². The van der Waals surface area contributed by atoms with Gasteiger partial charge in [-0.05, 0) is 31.2 Å². The molecule has 1 atom stereocenters. The number of pyridine rings is 1. The van der Waals surface area contributed by atoms with Crippen LogP contribution >= 0.6 is 0 Å². The van der Waals surface area contributed by atoms with Crippen LogP contribution in [0.5, 0.6) is 11.5 Å². The van der Waals surface area contributed by atoms with E-state index in [1.165, 1.54) is 50.0 Å². The van der Waals surface area contributed by atoms with E-state index in [1.807, 2.05) is 0 Å². The Morgan fingerprint density at radius 2 is 1.82 bits per heavy atom. The monoisotopic (exact) mass is 571 g/mol. The number of anilines is 1. The quantitative estimate of drug-likeness (QED) is 0.250. The number of imidazole rings is 1. The second-order valence-electron chi connectivity index (χ2n) is 8.72. The van der Waals surface area contributed by atoms with E-state index in [0.29, 0.717) is 28.6 Å². The minimum Gasteiger partial charge on any atom is -0.494 e. The van der Waals surface area contributed by atoms with Gasteiger partial charge in [0.2, 0.25) is 21.8 Å². The van der Waals surface area contributed by atoms with Crippen LogP contribution in [0.4, 0.5) is 10.3 Å². The molecule has 0 saturated heterocycles. The van der Waals surface area contributed by atoms with Gasteiger partial charge in [-0.25, -0.2) is 17.8 Å². The summed E-state index contributed by atoms with van der Waals surface area (Å²) in [6.07, 6.45) is 3.86. The number of furan rings is 1. The van der Waals surface area contributed by atoms with Crippen molar-refractivity contribution >= 4 is 27.0 Å². The van der Waals surface area contributed by atoms with Crippen molar-refractivity contribution in [1.82, 2.24) is 29.3 Å². The Morgan fingerprint density at radius 1 is 1.07 bits per heavy atom. The third kappa shape index (κ3) is 4.84. The number of ether oxygens (including phenoxy) is 3. The molecule has 0 saturated carbocycles. The highest BCUT2D eigenvalue weighted by atomic mass is 32.2. The van der Waals surface area contributed by atoms with Gasteiger partial charge in [0.15, 0.2) is 11.6 Å². The van der Waals surface area contributed by atoms with Gasteiger partial charge in [-0.15, -0.1) is 10.2 Å². The number of fused-ring (bicyclic) bond motifs is 1. The van der Waals surface area contributed by atoms with Crippen LogP contribution in [0.1, 0.15) is 12.6 Å². The zero-order valence-electron chi connectivity index (χ0n) is 22.0. The van der Waals surface area contributed by atoms with Crippen LogP contribution in [0.25, 0.3) is 28.3 Å². The summed E-state index contributed by atoms with van der Waals surface area (Å²) in [5.41, 5.74) is 1.10. The van der Waals surface area contributed by atoms with Crippen LogP contribution in [0, 0.1) is 5.82 Å². The van der Waals surface area contributed by atoms with E-state index in [2.05, 4.69) is 24.9 Å². The van der Waals surface area contributed by atoms with Crippen molar-refractivity contribution < 1.29 is 31.4 Å². The molecule has 0 amide bonds. The summed E-state index contributed by atoms with van der Waals surface area (Å²) >= 11 is 0. The molecule has 13 nitrogen and oxygen atoms in total. The van der Waals surface area contributed by atoms with Crippen LogP contribution in [0.3, 0.4) is 0 Å². The molecule has 5 rings (SSSR count). The van der Waals surface area contributed by atoms with E-state index in [-0.39, 0.29) is 36.0 Å². The first-order chi connectivity index (χ1) is 19.3. The fourth-order valence-electron chi connectivity index (χ4n) is 4.28. The van der Waals surface area contributed by atoms with E-state index in [9.17, 15) is 12.8 Å². The van der Waals surface area contributed by atoms with Crippen molar-refractivity contribution in [3.05, 3.63) is 60.6 Å². The maximum absolute atomic E-state index is 14.5. The summed E-state index contributed by atoms with van der Waals surface area (Å²) < 4.78 is 68.9. The van der Waals surface area contributed by atoms with Gasteiger partial charge in [0.05, 0.1) is 44.0 Å². The molecule has 15 heteroatoms. The first-order valence-electron chi connectivity index (χ1n) is 12.0. The van der Waals surface area contributed by atoms with Crippen molar-refractivity contribution in [2.24, 2.45) is 0 Å². The van der Waals surface area contributed by atoms with Gasteiger partial charge in [-0.3, -0.25) is 14.3 Å². The van der Waals surface area contributed by atoms with Gasteiger partial charge in [0, 0.05) is 13.5 Å². The molecule has 4 heterocycles. The van der Waals surface area contributed by atoms with Crippen molar-refractivity contribution in [2.45, 2.75) is 25.3 Å². The Balaban J connectivity index is 1.53. The zero-order chi connectivity index (χ0) is 28.4. The smallest absolute Gasteiger partial charge is 0.243 e. The first kappa shape index (κ1) is 27.1. The molecule has 4 aromatic heterocycles. The number of rotatable bonds is 11. The molecule has 0 aliphatic rings. The van der Waals surface area contributed by atoms with Crippen LogP contribution in [-0.4, -0.2) is 64.3 Å². The second-order valence-corrected chi connectivity index (χ2v) is 10.8. The first-order valence-corrected chi connectivity index (χ1v) is 13.5. The zero-order valence-corrected chi connectivity index (χ0v) is 22.8. The summed E-state index contributed by atoms with van der Waals surface area (Å²) in [5, 5.41) is 7.27. The summed E-state index contributed by atoms with van der Waals surface area (Å²) in [7, 11) is 0.333. The molecule has 5 aromatic rings. The number of benzene rings is 1. The third-order valence-corrected chi connectivity index (χ3v) is 7.91. The molecule has 1 N–H and O–H groups in total. The maximum atomic E-state index is 14.5. The largest absolute Gasteiger partial charge is 0.494 e. The minimum absolute atomic E-state index is 0.0622. The number of nitrogens with one attached hydrogen (secondary N) is 1. The normalized spacial score (nSPS) is 12.5. The Morgan fingerprint density at radius 3 is 2.48 bits per heavy atom. The van der Waals surface area contributed by atoms with Gasteiger partial charge in [0.1, 0.15) is 35.0 Å². The van der Waals surface area contributed by atoms with E-state index in [0.717, 1.165) is 6.20 Å². The summed E-state index contributed by atoms with van der Waals surface area (Å²) in [5.74, 6) is 0.594. The standard InChI is InChI=1S/C25H26FN7O6S/c1-15(11-17-21-22(16(26)12-27-17)32(13-28-21)14-36-2)40(34,35)31-25-30-29-24(20-9-6-10-39-20)33(25)23-18(37-3)7-5-8-19(23)38-4/h5-10,12-13,15H,11,14H2,1-4H3,(H,30,31)/t15-/m1/s1. The predicted octanol–water partition coefficient (Wildman–Crippen LogP) is 3.41. The highest BCUT2D eigenvalue weighted by Crippen LogP contribution is 2.38. The number of sulfonamides is 1. The Bertz CT molecular complexity index is 1730. The van der Waals surface area contributed by atoms with Gasteiger partial charge in [-0.1, -0.05) is 6.07 Å². The van der Waals surface area contributed by atoms with E-state index < -0.39 is 21.1 Å². The lowest BCUT2D eigenvalue weighted by atomic mass is 10.2. The minimum atomic E-state index is -4.10. The number of nitrogens with zero attached hydrogens (tertiary/aromatic N) is 6. The number of hydrogen-bond acceptors (Lipinski definition) is 10. The lowest BCUT2D eigenvalue weighted by Gasteiger charge is -2.18. The highest BCUT2D eigenvalue weighted by molar-refractivity contribution is 7.93. The fraction of sp³-hybridized carbons (Fsp3) is 0.280. The molecule has 0 unspecified atom stereocenters. The van der Waals surface area contributed by atoms with Crippen molar-refractivity contribution in [3.63, 3.8) is 0 Å². The highest BCUT2D eigenvalue weighted by Gasteiger charge is 2.30. The summed E-state index contributed by atoms with van der Waals surface area (Å²) in [6.45, 7) is 1.58. The molecule has 1 aromatic carbocycles. The molecular formula is C25H26FN7O6S. The van der Waals surface area contributed by atoms with Crippen molar-refractivity contribution in [2.75, 3.05) is 26.1 Å². The number of hydrogen-bond donors (Lipinski definition) is 1. The van der Waals surface area contributed by atoms with Crippen LogP contribution in [0.2, 0.25) is 0 Å². The van der Waals surface area contributed by atoms with Crippen LogP contribution < -0.4 is 14.2 Å². The van der Waals surface area contributed by atoms with Crippen molar-refractivity contribution in [1.29, 1.82) is 0 Å². The van der Waals surface area contributed by atoms with E-state index >= 15 is 0 Å². The lowest BCUT2D eigenvalue weighted by Crippen LogP contribution is -2.29. The fourth-order valence-corrected chi connectivity index (χ4v) is 5.24. The number of para-hydroxylation sites is 1. The van der Waals surface area contributed by atoms with Gasteiger partial charge < -0.3 is 23.2 Å². The SMILES string of the molecule is COCn1cnc2c(C[C@@H](C)S(=O)(=O)Nc3nnc(-c4ccco4)n3-c3c(OC)cccc3OC)ncc(F)c21. The third-order valence-electron chi connectivity index (χ3n) is 6.21. The van der Waals surface area contributed by atoms with E-state index in [1.54, 1.807) is 30.3 Å². The molecule has 0 aliphatic heterocycles. The number of halogens is 1. The molecule has 0 fully saturated rings. The molecule has 0 spiro atoms. The Kier molecular flexibility index (Phi) is 7.40. The summed E-state index contributed by atoms with van der Waals surface area (Å²) in [6, 6.07) is 8.45. The summed E-state index contributed by atoms with van der Waals surface area (Å²) in [4.78, 5) is 8.37. The molecule has 210 valence electrons. The van der Waals surface area contributed by atoms with Crippen molar-refractivity contribution in [3.8, 4) is 28.8 Å².